The number of carbonyl (C=O) groups is 1. The van der Waals surface area contributed by atoms with Gasteiger partial charge in [0.2, 0.25) is 12.7 Å². The molecule has 0 saturated carbocycles. The molecule has 1 heterocycles. The zero-order valence-electron chi connectivity index (χ0n) is 10.7. The van der Waals surface area contributed by atoms with Gasteiger partial charge in [0, 0.05) is 13.1 Å². The number of nitrogens with zero attached hydrogens (tertiary/aromatic N) is 1. The zero-order valence-corrected chi connectivity index (χ0v) is 10.7. The van der Waals surface area contributed by atoms with Gasteiger partial charge in [0.15, 0.2) is 11.5 Å². The average Bonchev–Trinajstić information content (AvgIpc) is 2.82. The van der Waals surface area contributed by atoms with Gasteiger partial charge in [0.1, 0.15) is 0 Å². The molecule has 1 aromatic rings. The van der Waals surface area contributed by atoms with Crippen LogP contribution in [0, 0.1) is 0 Å². The van der Waals surface area contributed by atoms with E-state index in [4.69, 9.17) is 15.2 Å². The number of rotatable bonds is 4. The van der Waals surface area contributed by atoms with Crippen LogP contribution in [0.3, 0.4) is 0 Å². The predicted molar refractivity (Wildman–Crippen MR) is 67.3 cm³/mol. The van der Waals surface area contributed by atoms with E-state index in [2.05, 4.69) is 0 Å². The fourth-order valence-corrected chi connectivity index (χ4v) is 1.89. The highest BCUT2D eigenvalue weighted by Crippen LogP contribution is 2.32. The molecule has 5 nitrogen and oxygen atoms in total. The average molecular weight is 250 g/mol. The molecule has 2 rings (SSSR count). The van der Waals surface area contributed by atoms with Gasteiger partial charge in [-0.15, -0.1) is 0 Å². The Morgan fingerprint density at radius 2 is 2.17 bits per heavy atom. The molecule has 0 aromatic heterocycles. The molecule has 0 fully saturated rings. The van der Waals surface area contributed by atoms with E-state index in [1.165, 1.54) is 0 Å². The maximum atomic E-state index is 11.9. The Hall–Kier alpha value is -1.75. The Kier molecular flexibility index (Phi) is 3.72. The van der Waals surface area contributed by atoms with Gasteiger partial charge < -0.3 is 20.1 Å². The molecule has 0 radical (unpaired) electrons. The Labute approximate surface area is 106 Å². The van der Waals surface area contributed by atoms with Crippen molar-refractivity contribution >= 4 is 5.91 Å². The number of ether oxygens (including phenoxy) is 2. The summed E-state index contributed by atoms with van der Waals surface area (Å²) in [6, 6.07) is 5.23. The maximum absolute atomic E-state index is 11.9. The minimum atomic E-state index is -0.473. The molecule has 1 aliphatic heterocycles. The van der Waals surface area contributed by atoms with E-state index < -0.39 is 6.04 Å². The third kappa shape index (κ3) is 2.56. The van der Waals surface area contributed by atoms with E-state index in [9.17, 15) is 4.79 Å². The van der Waals surface area contributed by atoms with Crippen molar-refractivity contribution in [1.29, 1.82) is 0 Å². The molecule has 0 bridgehead atoms. The van der Waals surface area contributed by atoms with E-state index in [0.29, 0.717) is 13.1 Å². The predicted octanol–water partition coefficient (Wildman–Crippen LogP) is 1.11. The van der Waals surface area contributed by atoms with Crippen LogP contribution in [-0.2, 0) is 11.3 Å². The second kappa shape index (κ2) is 5.27. The lowest BCUT2D eigenvalue weighted by atomic mass is 10.1. The minimum Gasteiger partial charge on any atom is -0.454 e. The number of fused-ring (bicyclic) bond motifs is 1. The molecular formula is C13H18N2O3. The Balaban J connectivity index is 2.10. The first-order valence-electron chi connectivity index (χ1n) is 6.04. The van der Waals surface area contributed by atoms with Gasteiger partial charge >= 0.3 is 0 Å². The Morgan fingerprint density at radius 3 is 2.83 bits per heavy atom. The summed E-state index contributed by atoms with van der Waals surface area (Å²) in [5, 5.41) is 0. The smallest absolute Gasteiger partial charge is 0.239 e. The second-order valence-electron chi connectivity index (χ2n) is 4.33. The second-order valence-corrected chi connectivity index (χ2v) is 4.33. The normalized spacial score (nSPS) is 14.4. The van der Waals surface area contributed by atoms with Crippen LogP contribution < -0.4 is 15.2 Å². The summed E-state index contributed by atoms with van der Waals surface area (Å²) in [7, 11) is 0. The molecule has 0 unspecified atom stereocenters. The first-order chi connectivity index (χ1) is 8.61. The summed E-state index contributed by atoms with van der Waals surface area (Å²) in [4.78, 5) is 13.6. The summed E-state index contributed by atoms with van der Waals surface area (Å²) in [5.41, 5.74) is 6.63. The Morgan fingerprint density at radius 1 is 1.44 bits per heavy atom. The van der Waals surface area contributed by atoms with Crippen molar-refractivity contribution in [3.8, 4) is 11.5 Å². The van der Waals surface area contributed by atoms with E-state index in [1.807, 2.05) is 25.1 Å². The van der Waals surface area contributed by atoms with Gasteiger partial charge in [0.05, 0.1) is 6.04 Å². The summed E-state index contributed by atoms with van der Waals surface area (Å²) in [6.07, 6.45) is 0. The zero-order chi connectivity index (χ0) is 13.1. The fourth-order valence-electron chi connectivity index (χ4n) is 1.89. The van der Waals surface area contributed by atoms with E-state index in [-0.39, 0.29) is 12.7 Å². The van der Waals surface area contributed by atoms with Crippen molar-refractivity contribution in [2.45, 2.75) is 26.4 Å². The standard InChI is InChI=1S/C13H18N2O3/c1-3-15(13(16)9(2)14)7-10-4-5-11-12(6-10)18-8-17-11/h4-6,9H,3,7-8,14H2,1-2H3/t9-/m1/s1. The lowest BCUT2D eigenvalue weighted by Gasteiger charge is -2.23. The molecule has 1 amide bonds. The Bertz CT molecular complexity index is 446. The van der Waals surface area contributed by atoms with E-state index in [1.54, 1.807) is 11.8 Å². The molecule has 0 saturated heterocycles. The molecule has 5 heteroatoms. The number of nitrogens with two attached hydrogens (primary N) is 1. The molecule has 1 aliphatic rings. The summed E-state index contributed by atoms with van der Waals surface area (Å²) >= 11 is 0. The monoisotopic (exact) mass is 250 g/mol. The van der Waals surface area contributed by atoms with Crippen molar-refractivity contribution in [3.63, 3.8) is 0 Å². The number of likely N-dealkylation sites (N-methyl/N-ethyl adjacent to an activating group) is 1. The molecule has 0 aliphatic carbocycles. The quantitative estimate of drug-likeness (QED) is 0.869. The maximum Gasteiger partial charge on any atom is 0.239 e. The fraction of sp³-hybridized carbons (Fsp3) is 0.462. The number of benzene rings is 1. The van der Waals surface area contributed by atoms with Crippen molar-refractivity contribution in [2.24, 2.45) is 5.73 Å². The first kappa shape index (κ1) is 12.7. The van der Waals surface area contributed by atoms with E-state index >= 15 is 0 Å². The van der Waals surface area contributed by atoms with Crippen LogP contribution in [0.4, 0.5) is 0 Å². The third-order valence-electron chi connectivity index (χ3n) is 2.89. The topological polar surface area (TPSA) is 64.8 Å². The molecule has 98 valence electrons. The van der Waals surface area contributed by atoms with Crippen LogP contribution in [0.5, 0.6) is 11.5 Å². The van der Waals surface area contributed by atoms with E-state index in [0.717, 1.165) is 17.1 Å². The highest BCUT2D eigenvalue weighted by Gasteiger charge is 2.18. The highest BCUT2D eigenvalue weighted by atomic mass is 16.7. The van der Waals surface area contributed by atoms with Crippen molar-refractivity contribution < 1.29 is 14.3 Å². The largest absolute Gasteiger partial charge is 0.454 e. The number of carbonyl (C=O) groups excluding carboxylic acids is 1. The molecule has 2 N–H and O–H groups in total. The third-order valence-corrected chi connectivity index (χ3v) is 2.89. The summed E-state index contributed by atoms with van der Waals surface area (Å²) < 4.78 is 10.6. The van der Waals surface area contributed by atoms with Crippen LogP contribution >= 0.6 is 0 Å². The van der Waals surface area contributed by atoms with Crippen LogP contribution in [0.15, 0.2) is 18.2 Å². The van der Waals surface area contributed by atoms with Crippen molar-refractivity contribution in [2.75, 3.05) is 13.3 Å². The van der Waals surface area contributed by atoms with Crippen LogP contribution in [0.25, 0.3) is 0 Å². The van der Waals surface area contributed by atoms with Gasteiger partial charge in [0.25, 0.3) is 0 Å². The van der Waals surface area contributed by atoms with Gasteiger partial charge in [-0.1, -0.05) is 6.07 Å². The summed E-state index contributed by atoms with van der Waals surface area (Å²) in [6.45, 7) is 5.06. The summed E-state index contributed by atoms with van der Waals surface area (Å²) in [5.74, 6) is 1.44. The van der Waals surface area contributed by atoms with Crippen LogP contribution in [-0.4, -0.2) is 30.2 Å². The van der Waals surface area contributed by atoms with Crippen molar-refractivity contribution in [1.82, 2.24) is 4.90 Å². The van der Waals surface area contributed by atoms with Gasteiger partial charge in [-0.2, -0.15) is 0 Å². The first-order valence-corrected chi connectivity index (χ1v) is 6.04. The van der Waals surface area contributed by atoms with Crippen molar-refractivity contribution in [3.05, 3.63) is 23.8 Å². The SMILES string of the molecule is CCN(Cc1ccc2c(c1)OCO2)C(=O)[C@@H](C)N. The van der Waals surface area contributed by atoms with Gasteiger partial charge in [-0.3, -0.25) is 4.79 Å². The number of hydrogen-bond acceptors (Lipinski definition) is 4. The lowest BCUT2D eigenvalue weighted by Crippen LogP contribution is -2.41. The number of hydrogen-bond donors (Lipinski definition) is 1. The van der Waals surface area contributed by atoms with Gasteiger partial charge in [-0.25, -0.2) is 0 Å². The number of amides is 1. The molecule has 1 atom stereocenters. The van der Waals surface area contributed by atoms with Gasteiger partial charge in [-0.05, 0) is 31.5 Å². The molecule has 18 heavy (non-hydrogen) atoms. The van der Waals surface area contributed by atoms with Crippen LogP contribution in [0.2, 0.25) is 0 Å². The lowest BCUT2D eigenvalue weighted by molar-refractivity contribution is -0.132. The molecular weight excluding hydrogens is 232 g/mol. The molecule has 1 aromatic carbocycles. The minimum absolute atomic E-state index is 0.0461. The van der Waals surface area contributed by atoms with Crippen LogP contribution in [0.1, 0.15) is 19.4 Å². The molecule has 0 spiro atoms. The highest BCUT2D eigenvalue weighted by molar-refractivity contribution is 5.81.